The molecule has 0 aromatic carbocycles. The fourth-order valence-corrected chi connectivity index (χ4v) is 3.59. The number of fused-ring (bicyclic) bond motifs is 1. The first kappa shape index (κ1) is 25.0. The van der Waals surface area contributed by atoms with Crippen LogP contribution in [0.2, 0.25) is 0 Å². The molecule has 0 bridgehead atoms. The van der Waals surface area contributed by atoms with Crippen molar-refractivity contribution in [3.8, 4) is 0 Å². The summed E-state index contributed by atoms with van der Waals surface area (Å²) in [6.07, 6.45) is -2.33. The van der Waals surface area contributed by atoms with Crippen molar-refractivity contribution in [2.24, 2.45) is 0 Å². The molecule has 2 aromatic heterocycles. The first-order valence-electron chi connectivity index (χ1n) is 10.5. The van der Waals surface area contributed by atoms with Crippen molar-refractivity contribution in [1.29, 1.82) is 0 Å². The summed E-state index contributed by atoms with van der Waals surface area (Å²) in [6, 6.07) is 3.83. The van der Waals surface area contributed by atoms with Crippen LogP contribution in [0.15, 0.2) is 46.4 Å². The Morgan fingerprint density at radius 3 is 2.67 bits per heavy atom. The van der Waals surface area contributed by atoms with E-state index >= 15 is 4.39 Å². The van der Waals surface area contributed by atoms with Crippen molar-refractivity contribution in [1.82, 2.24) is 19.0 Å². The van der Waals surface area contributed by atoms with Gasteiger partial charge in [-0.15, -0.1) is 0 Å². The van der Waals surface area contributed by atoms with Crippen LogP contribution in [0.4, 0.5) is 9.18 Å². The number of esters is 2. The van der Waals surface area contributed by atoms with Crippen LogP contribution in [0.1, 0.15) is 16.6 Å². The Labute approximate surface area is 201 Å². The van der Waals surface area contributed by atoms with E-state index in [2.05, 4.69) is 4.98 Å². The molecule has 2 aromatic rings. The van der Waals surface area contributed by atoms with Gasteiger partial charge in [0.15, 0.2) is 25.7 Å². The van der Waals surface area contributed by atoms with Crippen molar-refractivity contribution < 1.29 is 42.5 Å². The third-order valence-electron chi connectivity index (χ3n) is 5.24. The lowest BCUT2D eigenvalue weighted by atomic mass is 10.1. The summed E-state index contributed by atoms with van der Waals surface area (Å²) < 4.78 is 42.3. The number of hydrogen-bond acceptors (Lipinski definition) is 12. The van der Waals surface area contributed by atoms with Crippen molar-refractivity contribution >= 4 is 18.1 Å². The standard InChI is InChI=1S/C21H21FN4O10/c1-24(2)9-14(28)33-11-26-13(27)5-7-25(19(26)30)17-15-16(35-20(31)34-15)21(22,36-17)10-32-18(29)12-4-3-6-23-8-12/h3-8,15-17H,9-11H2,1-2H3/t15-,16+,17-,21-/m1/s1. The molecule has 2 aliphatic heterocycles. The highest BCUT2D eigenvalue weighted by molar-refractivity contribution is 5.88. The molecule has 14 nitrogen and oxygen atoms in total. The maximum absolute atomic E-state index is 15.8. The number of nitrogens with zero attached hydrogens (tertiary/aromatic N) is 4. The number of likely N-dealkylation sites (N-methyl/N-ethyl adjacent to an activating group) is 1. The van der Waals surface area contributed by atoms with Crippen LogP contribution >= 0.6 is 0 Å². The van der Waals surface area contributed by atoms with Gasteiger partial charge in [-0.05, 0) is 26.2 Å². The number of aromatic nitrogens is 3. The minimum atomic E-state index is -2.89. The highest BCUT2D eigenvalue weighted by atomic mass is 19.2. The number of ether oxygens (including phenoxy) is 5. The Bertz CT molecular complexity index is 1280. The normalized spacial score (nSPS) is 24.7. The lowest BCUT2D eigenvalue weighted by molar-refractivity contribution is -0.211. The molecule has 2 saturated heterocycles. The molecular formula is C21H21FN4O10. The molecule has 4 rings (SSSR count). The van der Waals surface area contributed by atoms with Crippen molar-refractivity contribution in [2.75, 3.05) is 27.2 Å². The predicted octanol–water partition coefficient (Wildman–Crippen LogP) is -0.577. The number of pyridine rings is 1. The number of rotatable bonds is 8. The molecule has 4 heterocycles. The van der Waals surface area contributed by atoms with Gasteiger partial charge in [0.25, 0.3) is 11.4 Å². The van der Waals surface area contributed by atoms with E-state index in [4.69, 9.17) is 23.7 Å². The summed E-state index contributed by atoms with van der Waals surface area (Å²) in [5.74, 6) is -4.51. The largest absolute Gasteiger partial charge is 0.509 e. The summed E-state index contributed by atoms with van der Waals surface area (Å²) in [4.78, 5) is 66.3. The number of halogens is 1. The molecule has 2 fully saturated rings. The molecule has 0 aliphatic carbocycles. The zero-order chi connectivity index (χ0) is 26.0. The third kappa shape index (κ3) is 4.96. The Hall–Kier alpha value is -4.11. The molecule has 15 heteroatoms. The second kappa shape index (κ2) is 9.87. The summed E-state index contributed by atoms with van der Waals surface area (Å²) in [5.41, 5.74) is -1.80. The van der Waals surface area contributed by atoms with Crippen molar-refractivity contribution in [2.45, 2.75) is 31.0 Å². The lowest BCUT2D eigenvalue weighted by Crippen LogP contribution is -2.43. The zero-order valence-corrected chi connectivity index (χ0v) is 19.1. The Kier molecular flexibility index (Phi) is 6.85. The van der Waals surface area contributed by atoms with Gasteiger partial charge < -0.3 is 23.7 Å². The zero-order valence-electron chi connectivity index (χ0n) is 19.1. The van der Waals surface area contributed by atoms with Gasteiger partial charge in [0.05, 0.1) is 12.1 Å². The van der Waals surface area contributed by atoms with E-state index in [0.29, 0.717) is 4.57 Å². The highest BCUT2D eigenvalue weighted by Gasteiger charge is 2.65. The average Bonchev–Trinajstić information content (AvgIpc) is 3.34. The second-order valence-electron chi connectivity index (χ2n) is 8.14. The van der Waals surface area contributed by atoms with Gasteiger partial charge in [-0.3, -0.25) is 24.0 Å². The van der Waals surface area contributed by atoms with Crippen LogP contribution in [-0.4, -0.2) is 82.4 Å². The topological polar surface area (TPSA) is 157 Å². The van der Waals surface area contributed by atoms with Crippen molar-refractivity contribution in [3.05, 3.63) is 63.2 Å². The van der Waals surface area contributed by atoms with Gasteiger partial charge in [0.2, 0.25) is 6.10 Å². The molecule has 2 aliphatic rings. The predicted molar refractivity (Wildman–Crippen MR) is 113 cm³/mol. The van der Waals surface area contributed by atoms with Crippen LogP contribution < -0.4 is 11.2 Å². The summed E-state index contributed by atoms with van der Waals surface area (Å²) in [6.45, 7) is -1.82. The average molecular weight is 508 g/mol. The molecule has 0 saturated carbocycles. The van der Waals surface area contributed by atoms with E-state index in [1.54, 1.807) is 14.1 Å². The van der Waals surface area contributed by atoms with E-state index in [-0.39, 0.29) is 12.1 Å². The first-order chi connectivity index (χ1) is 17.1. The molecule has 0 unspecified atom stereocenters. The van der Waals surface area contributed by atoms with Gasteiger partial charge >= 0.3 is 23.8 Å². The molecule has 0 N–H and O–H groups in total. The second-order valence-corrected chi connectivity index (χ2v) is 8.14. The van der Waals surface area contributed by atoms with E-state index in [1.165, 1.54) is 29.4 Å². The Balaban J connectivity index is 1.56. The third-order valence-corrected chi connectivity index (χ3v) is 5.24. The molecule has 36 heavy (non-hydrogen) atoms. The van der Waals surface area contributed by atoms with Crippen LogP contribution in [0.25, 0.3) is 0 Å². The minimum absolute atomic E-state index is 0.0407. The van der Waals surface area contributed by atoms with Gasteiger partial charge in [-0.1, -0.05) is 0 Å². The van der Waals surface area contributed by atoms with Crippen LogP contribution in [0.3, 0.4) is 0 Å². The van der Waals surface area contributed by atoms with Gasteiger partial charge in [0.1, 0.15) is 0 Å². The number of hydrogen-bond donors (Lipinski definition) is 0. The fourth-order valence-electron chi connectivity index (χ4n) is 3.59. The fraction of sp³-hybridized carbons (Fsp3) is 0.429. The van der Waals surface area contributed by atoms with E-state index < -0.39 is 67.0 Å². The molecule has 0 radical (unpaired) electrons. The molecule has 0 spiro atoms. The summed E-state index contributed by atoms with van der Waals surface area (Å²) in [7, 11) is 3.25. The molecule has 192 valence electrons. The van der Waals surface area contributed by atoms with E-state index in [9.17, 15) is 24.0 Å². The van der Waals surface area contributed by atoms with Gasteiger partial charge in [-0.2, -0.15) is 0 Å². The number of carbonyl (C=O) groups excluding carboxylic acids is 3. The maximum Gasteiger partial charge on any atom is 0.509 e. The van der Waals surface area contributed by atoms with Crippen LogP contribution in [-0.2, 0) is 35.2 Å². The van der Waals surface area contributed by atoms with Gasteiger partial charge in [-0.25, -0.2) is 23.3 Å². The van der Waals surface area contributed by atoms with Crippen LogP contribution in [0, 0.1) is 0 Å². The van der Waals surface area contributed by atoms with E-state index in [1.807, 2.05) is 0 Å². The maximum atomic E-state index is 15.8. The first-order valence-corrected chi connectivity index (χ1v) is 10.5. The smallest absolute Gasteiger partial charge is 0.456 e. The quantitative estimate of drug-likeness (QED) is 0.331. The lowest BCUT2D eigenvalue weighted by Gasteiger charge is -2.23. The monoisotopic (exact) mass is 508 g/mol. The molecule has 4 atom stereocenters. The molecular weight excluding hydrogens is 487 g/mol. The Morgan fingerprint density at radius 2 is 1.97 bits per heavy atom. The number of alkyl halides is 1. The highest BCUT2D eigenvalue weighted by Crippen LogP contribution is 2.44. The van der Waals surface area contributed by atoms with E-state index in [0.717, 1.165) is 16.8 Å². The molecule has 0 amide bonds. The number of carbonyl (C=O) groups is 3. The Morgan fingerprint density at radius 1 is 1.19 bits per heavy atom. The van der Waals surface area contributed by atoms with Crippen LogP contribution in [0.5, 0.6) is 0 Å². The minimum Gasteiger partial charge on any atom is -0.456 e. The summed E-state index contributed by atoms with van der Waals surface area (Å²) in [5, 5.41) is 0. The summed E-state index contributed by atoms with van der Waals surface area (Å²) >= 11 is 0. The van der Waals surface area contributed by atoms with Gasteiger partial charge in [0, 0.05) is 24.7 Å². The van der Waals surface area contributed by atoms with Crippen molar-refractivity contribution in [3.63, 3.8) is 0 Å². The SMILES string of the molecule is CN(C)CC(=O)OCn1c(=O)ccn([C@@H]2O[C@](F)(COC(=O)c3cccnc3)[C@H]3OC(=O)O[C@@H]23)c1=O.